The van der Waals surface area contributed by atoms with E-state index in [0.29, 0.717) is 41.6 Å². The summed E-state index contributed by atoms with van der Waals surface area (Å²) in [6.45, 7) is 22.4. The number of benzene rings is 6. The maximum absolute atomic E-state index is 14.0. The normalized spacial score (nSPS) is 13.9. The van der Waals surface area contributed by atoms with Gasteiger partial charge in [0, 0.05) is 92.3 Å². The molecule has 16 aromatic rings. The van der Waals surface area contributed by atoms with Crippen LogP contribution in [0.4, 0.5) is 15.8 Å². The number of nitrogens with one attached hydrogen (secondary N) is 1. The SMILES string of the molecule is C=C(Cc1nc2cccc(-c3ccc(-c4ccccc4)cc3)n2n1)C1CC1.C=C(Cc1nc2cccc(-c3ccc(C(=O)OC)cc3)n2n1)C1CC1.C=C(Cc1nc2cccc(-c3ccc(N(C)C)cc3)n2n1)C1CC1.C=C(Cc1nc2cccc(-c3ccc(NC(C)=O)cc3)n2n1)C1CC1.C=C(Cc1nc2cccc(-c3ccc(OC)c(F)c3)n2n1)C1CC1. The molecule has 22 heteroatoms. The summed E-state index contributed by atoms with van der Waals surface area (Å²) in [5.41, 5.74) is 25.1. The smallest absolute Gasteiger partial charge is 0.337 e. The number of nitrogens with zero attached hydrogens (tertiary/aromatic N) is 16. The number of carbonyl (C=O) groups is 2. The summed E-state index contributed by atoms with van der Waals surface area (Å²) in [5.74, 6) is 6.83. The zero-order valence-electron chi connectivity index (χ0n) is 71.2. The standard InChI is InChI=1S/C24H21N3.C20H20N4O.C20H22N4.C20H19N3O2.C19H18FN3O/c1-17(18-10-11-18)16-23-25-24-9-5-8-22(27(24)26-23)21-14-12-20(13-15-21)19-6-3-2-4-7-19;1-13(15-6-7-15)12-19-22-20-5-3-4-18(24(20)23-19)16-8-10-17(11-9-16)21-14(2)25;1-14(15-7-8-15)13-19-21-20-6-4-5-18(24(20)22-19)16-9-11-17(12-10-16)23(2)3;1-13(14-6-7-14)12-18-21-19-5-3-4-17(23(19)22-18)15-8-10-16(11-9-15)20(24)25-2;1-12(13-6-7-13)10-18-21-19-5-3-4-16(23(19)22-18)14-8-9-17(24-2)15(20)11-14/h2-9,12-15,18H,1,10-11,16H2;3-5,8-11,15H,1,6-7,12H2,2H3,(H,21,25);4-6,9-12,15H,1,7-8,13H2,2-3H3;3-5,8-11,14H,1,6-7,12H2,2H3;3-5,8-9,11,13H,1,6-7,10H2,2H3. The Morgan fingerprint density at radius 2 is 0.656 bits per heavy atom. The summed E-state index contributed by atoms with van der Waals surface area (Å²) >= 11 is 0. The molecule has 0 bridgehead atoms. The van der Waals surface area contributed by atoms with Crippen molar-refractivity contribution in [2.24, 2.45) is 29.6 Å². The van der Waals surface area contributed by atoms with Crippen molar-refractivity contribution in [3.63, 3.8) is 0 Å². The Kier molecular flexibility index (Phi) is 24.3. The number of rotatable bonds is 25. The van der Waals surface area contributed by atoms with E-state index in [-0.39, 0.29) is 17.6 Å². The highest BCUT2D eigenvalue weighted by atomic mass is 19.1. The van der Waals surface area contributed by atoms with Gasteiger partial charge in [0.25, 0.3) is 0 Å². The number of amides is 1. The minimum absolute atomic E-state index is 0.0772. The number of allylic oxidation sites excluding steroid dienone is 5. The van der Waals surface area contributed by atoms with Crippen LogP contribution in [0.1, 0.15) is 111 Å². The second kappa shape index (κ2) is 36.7. The molecule has 1 N–H and O–H groups in total. The van der Waals surface area contributed by atoms with Crippen LogP contribution in [0.15, 0.2) is 297 Å². The van der Waals surface area contributed by atoms with E-state index in [0.717, 1.165) is 145 Å². The largest absolute Gasteiger partial charge is 0.494 e. The molecule has 21 rings (SSSR count). The van der Waals surface area contributed by atoms with E-state index in [1.807, 2.05) is 160 Å². The van der Waals surface area contributed by atoms with Gasteiger partial charge in [-0.1, -0.05) is 182 Å². The number of esters is 1. The van der Waals surface area contributed by atoms with Crippen LogP contribution in [-0.2, 0) is 41.6 Å². The first-order valence-corrected chi connectivity index (χ1v) is 42.8. The predicted molar refractivity (Wildman–Crippen MR) is 492 cm³/mol. The van der Waals surface area contributed by atoms with Gasteiger partial charge in [0.1, 0.15) is 0 Å². The number of ether oxygens (including phenoxy) is 2. The van der Waals surface area contributed by atoms with E-state index in [2.05, 4.69) is 163 Å². The van der Waals surface area contributed by atoms with Crippen LogP contribution in [0.2, 0.25) is 0 Å². The van der Waals surface area contributed by atoms with Crippen LogP contribution in [0, 0.1) is 35.4 Å². The molecule has 10 aromatic heterocycles. The van der Waals surface area contributed by atoms with Gasteiger partial charge in [-0.3, -0.25) is 4.79 Å². The lowest BCUT2D eigenvalue weighted by molar-refractivity contribution is -0.114. The lowest BCUT2D eigenvalue weighted by Crippen LogP contribution is -2.08. The molecular weight excluding hydrogens is 1560 g/mol. The third-order valence-electron chi connectivity index (χ3n) is 23.2. The summed E-state index contributed by atoms with van der Waals surface area (Å²) in [5, 5.41) is 26.2. The number of hydrogen-bond donors (Lipinski definition) is 1. The van der Waals surface area contributed by atoms with Crippen molar-refractivity contribution >= 4 is 51.5 Å². The van der Waals surface area contributed by atoms with Crippen molar-refractivity contribution in [3.05, 3.63) is 338 Å². The van der Waals surface area contributed by atoms with Gasteiger partial charge in [-0.15, -0.1) is 0 Å². The Bertz CT molecular complexity index is 6700. The van der Waals surface area contributed by atoms with Crippen LogP contribution in [-0.4, -0.2) is 113 Å². The van der Waals surface area contributed by atoms with E-state index >= 15 is 0 Å². The number of pyridine rings is 5. The van der Waals surface area contributed by atoms with Crippen molar-refractivity contribution < 1.29 is 23.5 Å². The molecule has 6 aromatic carbocycles. The molecule has 0 saturated heterocycles. The number of methoxy groups -OCH3 is 2. The lowest BCUT2D eigenvalue weighted by atomic mass is 10.0. The van der Waals surface area contributed by atoms with Crippen LogP contribution < -0.4 is 15.0 Å². The highest BCUT2D eigenvalue weighted by Gasteiger charge is 2.30. The van der Waals surface area contributed by atoms with E-state index in [1.54, 1.807) is 22.7 Å². The van der Waals surface area contributed by atoms with Gasteiger partial charge < -0.3 is 19.7 Å². The fraction of sp³-hybridized carbons (Fsp3) is 0.243. The van der Waals surface area contributed by atoms with Gasteiger partial charge in [0.15, 0.2) is 68.9 Å². The quantitative estimate of drug-likeness (QED) is 0.0415. The number of halogens is 1. The molecule has 125 heavy (non-hydrogen) atoms. The molecular formula is C103H100FN17O4. The average Bonchev–Trinajstić information content (AvgIpc) is 1.67. The molecule has 5 fully saturated rings. The fourth-order valence-corrected chi connectivity index (χ4v) is 15.5. The van der Waals surface area contributed by atoms with Crippen molar-refractivity contribution in [1.82, 2.24) is 73.0 Å². The molecule has 5 aliphatic carbocycles. The number of hydrogen-bond acceptors (Lipinski definition) is 15. The van der Waals surface area contributed by atoms with Crippen LogP contribution in [0.3, 0.4) is 0 Å². The van der Waals surface area contributed by atoms with Crippen LogP contribution in [0.5, 0.6) is 5.75 Å². The Morgan fingerprint density at radius 1 is 0.368 bits per heavy atom. The van der Waals surface area contributed by atoms with Gasteiger partial charge in [-0.25, -0.2) is 56.7 Å². The molecule has 628 valence electrons. The summed E-state index contributed by atoms with van der Waals surface area (Å²) in [4.78, 5) is 48.1. The van der Waals surface area contributed by atoms with Crippen molar-refractivity contribution in [1.29, 1.82) is 0 Å². The number of fused-ring (bicyclic) bond motifs is 5. The molecule has 5 saturated carbocycles. The molecule has 10 heterocycles. The van der Waals surface area contributed by atoms with Crippen molar-refractivity contribution in [2.45, 2.75) is 103 Å². The van der Waals surface area contributed by atoms with Gasteiger partial charge in [-0.2, -0.15) is 25.5 Å². The Labute approximate surface area is 726 Å². The van der Waals surface area contributed by atoms with E-state index in [4.69, 9.17) is 24.7 Å². The molecule has 0 unspecified atom stereocenters. The van der Waals surface area contributed by atoms with Gasteiger partial charge in [0.05, 0.1) is 48.3 Å². The molecule has 0 radical (unpaired) electrons. The minimum Gasteiger partial charge on any atom is -0.494 e. The fourth-order valence-electron chi connectivity index (χ4n) is 15.5. The third kappa shape index (κ3) is 20.0. The first-order valence-electron chi connectivity index (χ1n) is 42.8. The first kappa shape index (κ1) is 82.9. The Balaban J connectivity index is 0.000000111. The van der Waals surface area contributed by atoms with Crippen LogP contribution in [0.25, 0.3) is 95.6 Å². The summed E-state index contributed by atoms with van der Waals surface area (Å²) < 4.78 is 33.1. The summed E-state index contributed by atoms with van der Waals surface area (Å²) in [7, 11) is 6.93. The predicted octanol–water partition coefficient (Wildman–Crippen LogP) is 21.2. The highest BCUT2D eigenvalue weighted by molar-refractivity contribution is 5.90. The highest BCUT2D eigenvalue weighted by Crippen LogP contribution is 2.41. The van der Waals surface area contributed by atoms with E-state index in [9.17, 15) is 14.0 Å². The molecule has 0 aliphatic heterocycles. The van der Waals surface area contributed by atoms with Crippen LogP contribution >= 0.6 is 0 Å². The third-order valence-corrected chi connectivity index (χ3v) is 23.2. The summed E-state index contributed by atoms with van der Waals surface area (Å²) in [6, 6.07) is 77.4. The second-order valence-electron chi connectivity index (χ2n) is 33.2. The van der Waals surface area contributed by atoms with Gasteiger partial charge in [-0.05, 0) is 220 Å². The van der Waals surface area contributed by atoms with Gasteiger partial charge in [0.2, 0.25) is 5.91 Å². The van der Waals surface area contributed by atoms with E-state index < -0.39 is 5.82 Å². The Morgan fingerprint density at radius 3 is 0.952 bits per heavy atom. The summed E-state index contributed by atoms with van der Waals surface area (Å²) in [6.07, 6.45) is 16.2. The molecule has 21 nitrogen and oxygen atoms in total. The molecule has 0 spiro atoms. The molecule has 0 atom stereocenters. The zero-order valence-corrected chi connectivity index (χ0v) is 71.2. The van der Waals surface area contributed by atoms with E-state index in [1.165, 1.54) is 136 Å². The minimum atomic E-state index is -0.394. The average molecular weight is 1660 g/mol. The second-order valence-corrected chi connectivity index (χ2v) is 33.2. The number of carbonyl (C=O) groups excluding carboxylic acids is 2. The zero-order chi connectivity index (χ0) is 86.4. The Hall–Kier alpha value is -14.4. The maximum Gasteiger partial charge on any atom is 0.337 e. The first-order chi connectivity index (χ1) is 60.8. The number of aromatic nitrogens is 15. The monoisotopic (exact) mass is 1660 g/mol. The van der Waals surface area contributed by atoms with Crippen molar-refractivity contribution in [2.75, 3.05) is 38.5 Å². The topological polar surface area (TPSA) is 219 Å². The molecule has 5 aliphatic rings. The molecule has 1 amide bonds. The van der Waals surface area contributed by atoms with Crippen molar-refractivity contribution in [3.8, 4) is 73.2 Å². The number of anilines is 2. The lowest BCUT2D eigenvalue weighted by Gasteiger charge is -2.13. The van der Waals surface area contributed by atoms with Gasteiger partial charge >= 0.3 is 5.97 Å². The maximum atomic E-state index is 14.0.